The van der Waals surface area contributed by atoms with Crippen molar-refractivity contribution in [3.63, 3.8) is 0 Å². The van der Waals surface area contributed by atoms with Gasteiger partial charge in [-0.05, 0) is 48.7 Å². The summed E-state index contributed by atoms with van der Waals surface area (Å²) in [6.45, 7) is 3.31. The first-order valence-electron chi connectivity index (χ1n) is 11.8. The molecule has 0 aliphatic carbocycles. The summed E-state index contributed by atoms with van der Waals surface area (Å²) in [5.74, 6) is 0.793. The van der Waals surface area contributed by atoms with Gasteiger partial charge in [-0.25, -0.2) is 14.4 Å². The first-order valence-corrected chi connectivity index (χ1v) is 12.1. The highest BCUT2D eigenvalue weighted by Gasteiger charge is 2.25. The van der Waals surface area contributed by atoms with Crippen molar-refractivity contribution < 1.29 is 13.9 Å². The lowest BCUT2D eigenvalue weighted by Crippen LogP contribution is -2.45. The molecule has 36 heavy (non-hydrogen) atoms. The number of carbonyl (C=O) groups excluding carboxylic acids is 1. The standard InChI is InChI=1S/C26H28ClFN6O2/c1-2-22(35)34-10-4-7-19(13-34)33-26-23(25(30)31-15-32-26)24(29)17-8-9-21(20(27)12-17)36-14-16-5-3-6-18(28)11-16/h3,5-6,8-9,11-12,15,19,29H,2,4,7,10,13-14H2,1H3,(H3,30,31,32,33). The number of aromatic nitrogens is 2. The Morgan fingerprint density at radius 3 is 2.89 bits per heavy atom. The van der Waals surface area contributed by atoms with Crippen molar-refractivity contribution in [1.82, 2.24) is 14.9 Å². The molecule has 8 nitrogen and oxygen atoms in total. The molecule has 4 rings (SSSR count). The van der Waals surface area contributed by atoms with Crippen LogP contribution in [0.3, 0.4) is 0 Å². The summed E-state index contributed by atoms with van der Waals surface area (Å²) in [5.41, 5.74) is 7.82. The van der Waals surface area contributed by atoms with Gasteiger partial charge in [0.25, 0.3) is 0 Å². The Kier molecular flexibility index (Phi) is 8.00. The summed E-state index contributed by atoms with van der Waals surface area (Å²) in [6.07, 6.45) is 3.56. The minimum Gasteiger partial charge on any atom is -0.487 e. The van der Waals surface area contributed by atoms with Crippen LogP contribution in [0.4, 0.5) is 16.0 Å². The van der Waals surface area contributed by atoms with Crippen molar-refractivity contribution in [3.8, 4) is 5.75 Å². The van der Waals surface area contributed by atoms with E-state index in [1.54, 1.807) is 30.3 Å². The molecule has 1 aliphatic heterocycles. The van der Waals surface area contributed by atoms with Crippen molar-refractivity contribution in [2.75, 3.05) is 24.1 Å². The van der Waals surface area contributed by atoms with Crippen molar-refractivity contribution in [3.05, 3.63) is 76.3 Å². The number of nitrogens with zero attached hydrogens (tertiary/aromatic N) is 3. The van der Waals surface area contributed by atoms with Gasteiger partial charge in [0.15, 0.2) is 0 Å². The van der Waals surface area contributed by atoms with Crippen LogP contribution in [0, 0.1) is 11.2 Å². The zero-order valence-corrected chi connectivity index (χ0v) is 20.7. The Morgan fingerprint density at radius 1 is 1.31 bits per heavy atom. The SMILES string of the molecule is CCC(=O)N1CCCC(Nc2ncnc(N)c2C(=N)c2ccc(OCc3cccc(F)c3)c(Cl)c2)C1. The van der Waals surface area contributed by atoms with Gasteiger partial charge in [0.2, 0.25) is 5.91 Å². The summed E-state index contributed by atoms with van der Waals surface area (Å²) < 4.78 is 19.2. The van der Waals surface area contributed by atoms with Gasteiger partial charge in [0.05, 0.1) is 16.3 Å². The van der Waals surface area contributed by atoms with Crippen molar-refractivity contribution in [1.29, 1.82) is 5.41 Å². The average molecular weight is 511 g/mol. The van der Waals surface area contributed by atoms with E-state index in [0.717, 1.165) is 19.4 Å². The maximum Gasteiger partial charge on any atom is 0.222 e. The molecule has 1 atom stereocenters. The number of anilines is 2. The number of nitrogens with one attached hydrogen (secondary N) is 2. The molecule has 0 radical (unpaired) electrons. The van der Waals surface area contributed by atoms with Crippen molar-refractivity contribution >= 4 is 34.9 Å². The fraction of sp³-hybridized carbons (Fsp3) is 0.308. The lowest BCUT2D eigenvalue weighted by molar-refractivity contribution is -0.131. The quantitative estimate of drug-likeness (QED) is 0.379. The molecule has 1 aliphatic rings. The smallest absolute Gasteiger partial charge is 0.222 e. The number of hydrogen-bond acceptors (Lipinski definition) is 7. The average Bonchev–Trinajstić information content (AvgIpc) is 2.87. The van der Waals surface area contributed by atoms with Crippen molar-refractivity contribution in [2.45, 2.75) is 38.8 Å². The highest BCUT2D eigenvalue weighted by atomic mass is 35.5. The van der Waals surface area contributed by atoms with E-state index in [-0.39, 0.29) is 35.9 Å². The molecule has 1 amide bonds. The molecular weight excluding hydrogens is 483 g/mol. The molecule has 1 fully saturated rings. The van der Waals surface area contributed by atoms with Gasteiger partial charge in [-0.3, -0.25) is 10.2 Å². The number of carbonyl (C=O) groups is 1. The molecule has 1 aromatic heterocycles. The maximum absolute atomic E-state index is 13.4. The number of halogens is 2. The normalized spacial score (nSPS) is 15.4. The second-order valence-electron chi connectivity index (χ2n) is 8.60. The number of benzene rings is 2. The number of likely N-dealkylation sites (tertiary alicyclic amines) is 1. The van der Waals surface area contributed by atoms with Gasteiger partial charge >= 0.3 is 0 Å². The molecule has 0 spiro atoms. The molecule has 1 saturated heterocycles. The summed E-state index contributed by atoms with van der Waals surface area (Å²) in [4.78, 5) is 22.4. The third-order valence-corrected chi connectivity index (χ3v) is 6.34. The van der Waals surface area contributed by atoms with Crippen LogP contribution in [0.2, 0.25) is 5.02 Å². The van der Waals surface area contributed by atoms with E-state index < -0.39 is 0 Å². The van der Waals surface area contributed by atoms with E-state index in [2.05, 4.69) is 15.3 Å². The molecule has 1 unspecified atom stereocenters. The third kappa shape index (κ3) is 5.91. The highest BCUT2D eigenvalue weighted by Crippen LogP contribution is 2.30. The van der Waals surface area contributed by atoms with Crippen LogP contribution in [-0.4, -0.2) is 45.6 Å². The predicted octanol–water partition coefficient (Wildman–Crippen LogP) is 4.66. The van der Waals surface area contributed by atoms with Gasteiger partial charge in [-0.15, -0.1) is 0 Å². The number of amides is 1. The molecular formula is C26H28ClFN6O2. The summed E-state index contributed by atoms with van der Waals surface area (Å²) in [7, 11) is 0. The zero-order chi connectivity index (χ0) is 25.7. The van der Waals surface area contributed by atoms with E-state index in [4.69, 9.17) is 27.5 Å². The fourth-order valence-corrected chi connectivity index (χ4v) is 4.43. The van der Waals surface area contributed by atoms with E-state index in [1.165, 1.54) is 18.5 Å². The number of ether oxygens (including phenoxy) is 1. The molecule has 0 bridgehead atoms. The van der Waals surface area contributed by atoms with Crippen LogP contribution in [0.15, 0.2) is 48.8 Å². The van der Waals surface area contributed by atoms with Gasteiger partial charge in [-0.1, -0.05) is 30.7 Å². The second kappa shape index (κ2) is 11.3. The van der Waals surface area contributed by atoms with Crippen LogP contribution in [0.1, 0.15) is 42.9 Å². The van der Waals surface area contributed by atoms with Crippen LogP contribution in [0.5, 0.6) is 5.75 Å². The lowest BCUT2D eigenvalue weighted by atomic mass is 10.0. The molecule has 188 valence electrons. The van der Waals surface area contributed by atoms with E-state index in [0.29, 0.717) is 46.2 Å². The summed E-state index contributed by atoms with van der Waals surface area (Å²) >= 11 is 6.44. The van der Waals surface area contributed by atoms with E-state index in [1.807, 2.05) is 11.8 Å². The molecule has 2 aromatic carbocycles. The Bertz CT molecular complexity index is 1270. The Morgan fingerprint density at radius 2 is 2.14 bits per heavy atom. The van der Waals surface area contributed by atoms with E-state index >= 15 is 0 Å². The van der Waals surface area contributed by atoms with Gasteiger partial charge in [-0.2, -0.15) is 0 Å². The molecule has 10 heteroatoms. The number of nitrogens with two attached hydrogens (primary N) is 1. The molecule has 4 N–H and O–H groups in total. The first kappa shape index (κ1) is 25.4. The second-order valence-corrected chi connectivity index (χ2v) is 9.01. The molecule has 3 aromatic rings. The molecule has 0 saturated carbocycles. The predicted molar refractivity (Wildman–Crippen MR) is 138 cm³/mol. The number of piperidine rings is 1. The van der Waals surface area contributed by atoms with Crippen LogP contribution >= 0.6 is 11.6 Å². The van der Waals surface area contributed by atoms with Crippen molar-refractivity contribution in [2.24, 2.45) is 0 Å². The minimum atomic E-state index is -0.337. The van der Waals surface area contributed by atoms with E-state index in [9.17, 15) is 9.18 Å². The minimum absolute atomic E-state index is 0.0164. The van der Waals surface area contributed by atoms with Gasteiger partial charge in [0, 0.05) is 31.1 Å². The van der Waals surface area contributed by atoms with Crippen LogP contribution in [0.25, 0.3) is 0 Å². The molecule has 2 heterocycles. The lowest BCUT2D eigenvalue weighted by Gasteiger charge is -2.33. The fourth-order valence-electron chi connectivity index (χ4n) is 4.20. The topological polar surface area (TPSA) is 117 Å². The highest BCUT2D eigenvalue weighted by molar-refractivity contribution is 6.32. The Labute approximate surface area is 214 Å². The van der Waals surface area contributed by atoms with Crippen LogP contribution in [-0.2, 0) is 11.4 Å². The van der Waals surface area contributed by atoms with Gasteiger partial charge in [0.1, 0.15) is 36.1 Å². The van der Waals surface area contributed by atoms with Crippen LogP contribution < -0.4 is 15.8 Å². The maximum atomic E-state index is 13.4. The Hall–Kier alpha value is -3.72. The number of rotatable bonds is 8. The zero-order valence-electron chi connectivity index (χ0n) is 19.9. The monoisotopic (exact) mass is 510 g/mol. The number of hydrogen-bond donors (Lipinski definition) is 3. The van der Waals surface area contributed by atoms with Gasteiger partial charge < -0.3 is 20.7 Å². The number of nitrogen functional groups attached to an aromatic ring is 1. The Balaban J connectivity index is 1.51. The third-order valence-electron chi connectivity index (χ3n) is 6.05. The first-order chi connectivity index (χ1) is 17.4. The largest absolute Gasteiger partial charge is 0.487 e. The summed E-state index contributed by atoms with van der Waals surface area (Å²) in [6, 6.07) is 11.1. The summed E-state index contributed by atoms with van der Waals surface area (Å²) in [5, 5.41) is 12.5.